The van der Waals surface area contributed by atoms with E-state index in [0.29, 0.717) is 0 Å². The molecule has 3 aromatic carbocycles. The Hall–Kier alpha value is -4.57. The second kappa shape index (κ2) is 6.10. The minimum absolute atomic E-state index is 0.887. The van der Waals surface area contributed by atoms with E-state index in [-0.39, 0.29) is 0 Å². The number of fused-ring (bicyclic) bond motifs is 15. The maximum Gasteiger partial charge on any atom is 0.164 e. The highest BCUT2D eigenvalue weighted by Gasteiger charge is 2.29. The average molecular weight is 447 g/mol. The molecule has 0 atom stereocenters. The molecular weight excluding hydrogens is 428 g/mol. The normalized spacial score (nSPS) is 13.5. The third-order valence-electron chi connectivity index (χ3n) is 7.95. The van der Waals surface area contributed by atoms with E-state index in [9.17, 15) is 0 Å². The van der Waals surface area contributed by atoms with Crippen LogP contribution in [0, 0.1) is 0 Å². The van der Waals surface area contributed by atoms with E-state index < -0.39 is 0 Å². The van der Waals surface area contributed by atoms with Crippen molar-refractivity contribution in [2.24, 2.45) is 0 Å². The van der Waals surface area contributed by atoms with Crippen LogP contribution in [-0.2, 0) is 12.8 Å². The van der Waals surface area contributed by atoms with E-state index in [4.69, 9.17) is 4.98 Å². The fourth-order valence-electron chi connectivity index (χ4n) is 6.49. The van der Waals surface area contributed by atoms with Crippen molar-refractivity contribution in [1.82, 2.24) is 19.4 Å². The summed E-state index contributed by atoms with van der Waals surface area (Å²) >= 11 is 0. The summed E-state index contributed by atoms with van der Waals surface area (Å²) in [6, 6.07) is 24.3. The highest BCUT2D eigenvalue weighted by atomic mass is 15.1. The van der Waals surface area contributed by atoms with Crippen molar-refractivity contribution in [3.05, 3.63) is 108 Å². The van der Waals surface area contributed by atoms with Gasteiger partial charge >= 0.3 is 0 Å². The maximum atomic E-state index is 5.06. The molecule has 4 nitrogen and oxygen atoms in total. The Kier molecular flexibility index (Phi) is 3.11. The molecular formula is C31H18N4. The van der Waals surface area contributed by atoms with Crippen molar-refractivity contribution in [3.63, 3.8) is 0 Å². The summed E-state index contributed by atoms with van der Waals surface area (Å²) in [7, 11) is 0. The van der Waals surface area contributed by atoms with Gasteiger partial charge in [-0.05, 0) is 93.1 Å². The average Bonchev–Trinajstić information content (AvgIpc) is 3.58. The summed E-state index contributed by atoms with van der Waals surface area (Å²) in [6.45, 7) is 0. The van der Waals surface area contributed by atoms with Crippen LogP contribution >= 0.6 is 0 Å². The molecule has 0 unspecified atom stereocenters. The lowest BCUT2D eigenvalue weighted by atomic mass is 9.94. The molecule has 4 aromatic heterocycles. The fraction of sp³-hybridized carbons (Fsp3) is 0.0645. The second-order valence-corrected chi connectivity index (χ2v) is 9.70. The first-order valence-corrected chi connectivity index (χ1v) is 12.0. The number of hydrogen-bond donors (Lipinski definition) is 0. The van der Waals surface area contributed by atoms with Gasteiger partial charge < -0.3 is 0 Å². The Labute approximate surface area is 200 Å². The van der Waals surface area contributed by atoms with Gasteiger partial charge in [0.1, 0.15) is 11.2 Å². The first-order chi connectivity index (χ1) is 17.3. The van der Waals surface area contributed by atoms with Gasteiger partial charge in [0.2, 0.25) is 0 Å². The van der Waals surface area contributed by atoms with Gasteiger partial charge in [-0.2, -0.15) is 0 Å². The van der Waals surface area contributed by atoms with Gasteiger partial charge in [0.25, 0.3) is 0 Å². The summed E-state index contributed by atoms with van der Waals surface area (Å²) < 4.78 is 2.20. The standard InChI is InChI=1S/C31H18N4/c1-2-5-20-17(4-1)13-24-21(20)8-7-18-12-19-14-23-25(15-22(19)29(18)24)30-34-27-6-3-10-33-31(27)35(30)28-9-11-32-16-26(23)28/h1-11,14-16H,12-13H2. The van der Waals surface area contributed by atoms with E-state index in [1.807, 2.05) is 30.7 Å². The van der Waals surface area contributed by atoms with Crippen LogP contribution in [0.3, 0.4) is 0 Å². The predicted molar refractivity (Wildman–Crippen MR) is 140 cm³/mol. The van der Waals surface area contributed by atoms with E-state index in [2.05, 4.69) is 69.0 Å². The Morgan fingerprint density at radius 3 is 2.63 bits per heavy atom. The topological polar surface area (TPSA) is 43.1 Å². The first kappa shape index (κ1) is 17.8. The first-order valence-electron chi connectivity index (χ1n) is 12.0. The number of pyridine rings is 3. The lowest BCUT2D eigenvalue weighted by Crippen LogP contribution is -1.94. The lowest BCUT2D eigenvalue weighted by Gasteiger charge is -2.12. The molecule has 0 radical (unpaired) electrons. The lowest BCUT2D eigenvalue weighted by molar-refractivity contribution is 1.23. The molecule has 2 aliphatic rings. The minimum atomic E-state index is 0.887. The number of aromatic nitrogens is 4. The highest BCUT2D eigenvalue weighted by Crippen LogP contribution is 2.49. The number of hydrogen-bond acceptors (Lipinski definition) is 3. The van der Waals surface area contributed by atoms with Crippen molar-refractivity contribution in [2.45, 2.75) is 12.8 Å². The van der Waals surface area contributed by atoms with Crippen LogP contribution in [0.2, 0.25) is 0 Å². The van der Waals surface area contributed by atoms with Crippen LogP contribution in [0.15, 0.2) is 85.3 Å². The third-order valence-corrected chi connectivity index (χ3v) is 7.95. The van der Waals surface area contributed by atoms with Gasteiger partial charge in [0.15, 0.2) is 5.65 Å². The van der Waals surface area contributed by atoms with Crippen LogP contribution in [-0.4, -0.2) is 19.4 Å². The van der Waals surface area contributed by atoms with Crippen LogP contribution in [0.5, 0.6) is 0 Å². The van der Waals surface area contributed by atoms with Crippen molar-refractivity contribution >= 4 is 38.5 Å². The molecule has 0 spiro atoms. The summed E-state index contributed by atoms with van der Waals surface area (Å²) in [6.07, 6.45) is 7.64. The number of benzene rings is 3. The third kappa shape index (κ3) is 2.15. The smallest absolute Gasteiger partial charge is 0.164 e. The van der Waals surface area contributed by atoms with Gasteiger partial charge in [-0.25, -0.2) is 9.97 Å². The molecule has 2 aliphatic carbocycles. The summed E-state index contributed by atoms with van der Waals surface area (Å²) in [5, 5.41) is 3.50. The van der Waals surface area contributed by atoms with Crippen LogP contribution < -0.4 is 0 Å². The zero-order valence-corrected chi connectivity index (χ0v) is 18.8. The number of nitrogens with zero attached hydrogens (tertiary/aromatic N) is 4. The van der Waals surface area contributed by atoms with Crippen LogP contribution in [0.4, 0.5) is 0 Å². The Bertz CT molecular complexity index is 2070. The molecule has 7 aromatic rings. The SMILES string of the molecule is c1ccc2c(c1)Cc1c-2ccc2c1-c1cc3c(cc1C2)c1cnccc1n1c2ncccc2nc31. The van der Waals surface area contributed by atoms with Gasteiger partial charge in [-0.15, -0.1) is 0 Å². The van der Waals surface area contributed by atoms with Crippen molar-refractivity contribution in [3.8, 4) is 22.3 Å². The molecule has 162 valence electrons. The minimum Gasteiger partial charge on any atom is -0.276 e. The predicted octanol–water partition coefficient (Wildman–Crippen LogP) is 6.73. The summed E-state index contributed by atoms with van der Waals surface area (Å²) in [5.74, 6) is 0. The maximum absolute atomic E-state index is 5.06. The molecule has 0 bridgehead atoms. The van der Waals surface area contributed by atoms with Gasteiger partial charge in [0, 0.05) is 29.4 Å². The van der Waals surface area contributed by atoms with Crippen molar-refractivity contribution in [1.29, 1.82) is 0 Å². The monoisotopic (exact) mass is 446 g/mol. The van der Waals surface area contributed by atoms with Gasteiger partial charge in [-0.1, -0.05) is 36.4 Å². The molecule has 35 heavy (non-hydrogen) atoms. The Morgan fingerprint density at radius 2 is 1.63 bits per heavy atom. The van der Waals surface area contributed by atoms with Crippen molar-refractivity contribution < 1.29 is 0 Å². The Morgan fingerprint density at radius 1 is 0.657 bits per heavy atom. The van der Waals surface area contributed by atoms with E-state index >= 15 is 0 Å². The number of imidazole rings is 1. The molecule has 0 fully saturated rings. The quantitative estimate of drug-likeness (QED) is 0.243. The molecule has 0 saturated carbocycles. The molecule has 4 heteroatoms. The highest BCUT2D eigenvalue weighted by molar-refractivity contribution is 6.15. The molecule has 0 amide bonds. The molecule has 0 N–H and O–H groups in total. The van der Waals surface area contributed by atoms with Gasteiger partial charge in [0.05, 0.1) is 5.52 Å². The molecule has 0 saturated heterocycles. The molecule has 4 heterocycles. The summed E-state index contributed by atoms with van der Waals surface area (Å²) in [4.78, 5) is 14.2. The second-order valence-electron chi connectivity index (χ2n) is 9.70. The van der Waals surface area contributed by atoms with E-state index in [1.54, 1.807) is 0 Å². The van der Waals surface area contributed by atoms with Gasteiger partial charge in [-0.3, -0.25) is 9.38 Å². The zero-order valence-electron chi connectivity index (χ0n) is 18.8. The summed E-state index contributed by atoms with van der Waals surface area (Å²) in [5.41, 5.74) is 15.1. The molecule has 0 aliphatic heterocycles. The fourth-order valence-corrected chi connectivity index (χ4v) is 6.49. The van der Waals surface area contributed by atoms with E-state index in [0.717, 1.165) is 45.9 Å². The number of rotatable bonds is 0. The van der Waals surface area contributed by atoms with Crippen LogP contribution in [0.1, 0.15) is 22.3 Å². The largest absolute Gasteiger partial charge is 0.276 e. The molecule has 9 rings (SSSR count). The van der Waals surface area contributed by atoms with E-state index in [1.165, 1.54) is 49.9 Å². The zero-order chi connectivity index (χ0) is 22.7. The van der Waals surface area contributed by atoms with Crippen LogP contribution in [0.25, 0.3) is 60.7 Å². The van der Waals surface area contributed by atoms with Crippen molar-refractivity contribution in [2.75, 3.05) is 0 Å². The Balaban J connectivity index is 1.42.